The number of sulfonamides is 1. The Balaban J connectivity index is 1.49. The molecule has 0 atom stereocenters. The lowest BCUT2D eigenvalue weighted by Gasteiger charge is -2.27. The Kier molecular flexibility index (Phi) is 7.94. The molecule has 1 N–H and O–H groups in total. The molecule has 1 aliphatic carbocycles. The Morgan fingerprint density at radius 2 is 1.89 bits per heavy atom. The number of unbranched alkanes of at least 4 members (excludes halogenated alkanes) is 1. The molecular weight excluding hydrogens is 372 g/mol. The van der Waals surface area contributed by atoms with Crippen LogP contribution in [-0.2, 0) is 21.3 Å². The monoisotopic (exact) mass is 406 g/mol. The van der Waals surface area contributed by atoms with Crippen LogP contribution in [0.3, 0.4) is 0 Å². The van der Waals surface area contributed by atoms with Crippen molar-refractivity contribution in [2.24, 2.45) is 5.92 Å². The zero-order valence-electron chi connectivity index (χ0n) is 17.0. The third-order valence-electron chi connectivity index (χ3n) is 5.80. The Morgan fingerprint density at radius 3 is 2.54 bits per heavy atom. The fourth-order valence-corrected chi connectivity index (χ4v) is 5.31. The second-order valence-electron chi connectivity index (χ2n) is 8.01. The van der Waals surface area contributed by atoms with Crippen LogP contribution in [0.2, 0.25) is 0 Å². The van der Waals surface area contributed by atoms with Crippen LogP contribution >= 0.6 is 0 Å². The van der Waals surface area contributed by atoms with Crippen LogP contribution < -0.4 is 5.48 Å². The van der Waals surface area contributed by atoms with E-state index in [0.29, 0.717) is 30.3 Å². The molecule has 0 radical (unpaired) electrons. The molecule has 5 nitrogen and oxygen atoms in total. The summed E-state index contributed by atoms with van der Waals surface area (Å²) in [5.41, 5.74) is 5.23. The summed E-state index contributed by atoms with van der Waals surface area (Å²) < 4.78 is 27.3. The molecule has 28 heavy (non-hydrogen) atoms. The maximum atomic E-state index is 12.9. The predicted octanol–water partition coefficient (Wildman–Crippen LogP) is 4.41. The van der Waals surface area contributed by atoms with E-state index in [1.807, 2.05) is 18.2 Å². The summed E-state index contributed by atoms with van der Waals surface area (Å²) >= 11 is 0. The minimum Gasteiger partial charge on any atom is -0.276 e. The molecule has 1 aromatic carbocycles. The van der Waals surface area contributed by atoms with Gasteiger partial charge in [0, 0.05) is 25.2 Å². The lowest BCUT2D eigenvalue weighted by molar-refractivity contribution is 0.0238. The lowest BCUT2D eigenvalue weighted by atomic mass is 9.90. The summed E-state index contributed by atoms with van der Waals surface area (Å²) in [7, 11) is -3.44. The standard InChI is InChI=1S/C22H34N2O3S/c1-2-3-7-19-10-12-22(13-11-19)28(25,26)24-16-14-21(15-17-24)23-27-18-20-8-5-4-6-9-20/h10-14,20,23H,2-9,15-18H2,1H3. The number of hydrogen-bond acceptors (Lipinski definition) is 4. The predicted molar refractivity (Wildman–Crippen MR) is 112 cm³/mol. The molecule has 1 fully saturated rings. The fourth-order valence-electron chi connectivity index (χ4n) is 3.93. The molecule has 1 heterocycles. The summed E-state index contributed by atoms with van der Waals surface area (Å²) in [6, 6.07) is 7.36. The molecule has 2 aliphatic rings. The van der Waals surface area contributed by atoms with Crippen molar-refractivity contribution in [3.8, 4) is 0 Å². The highest BCUT2D eigenvalue weighted by Gasteiger charge is 2.26. The minimum absolute atomic E-state index is 0.381. The number of hydrogen-bond donors (Lipinski definition) is 1. The molecule has 0 amide bonds. The quantitative estimate of drug-likeness (QED) is 0.617. The minimum atomic E-state index is -3.44. The van der Waals surface area contributed by atoms with Gasteiger partial charge in [-0.15, -0.1) is 0 Å². The van der Waals surface area contributed by atoms with Gasteiger partial charge in [-0.1, -0.05) is 44.7 Å². The van der Waals surface area contributed by atoms with Crippen molar-refractivity contribution in [3.05, 3.63) is 41.6 Å². The third-order valence-corrected chi connectivity index (χ3v) is 7.68. The van der Waals surface area contributed by atoms with Gasteiger partial charge in [0.25, 0.3) is 0 Å². The van der Waals surface area contributed by atoms with Crippen LogP contribution in [-0.4, -0.2) is 32.4 Å². The van der Waals surface area contributed by atoms with Crippen LogP contribution in [0, 0.1) is 5.92 Å². The van der Waals surface area contributed by atoms with Gasteiger partial charge < -0.3 is 0 Å². The van der Waals surface area contributed by atoms with Crippen LogP contribution in [0.1, 0.15) is 63.9 Å². The van der Waals surface area contributed by atoms with Crippen molar-refractivity contribution in [1.82, 2.24) is 9.79 Å². The molecule has 0 aromatic heterocycles. The number of hydroxylamine groups is 1. The molecular formula is C22H34N2O3S. The Morgan fingerprint density at radius 1 is 1.14 bits per heavy atom. The zero-order valence-corrected chi connectivity index (χ0v) is 17.8. The normalized spacial score (nSPS) is 19.4. The number of rotatable bonds is 9. The largest absolute Gasteiger partial charge is 0.276 e. The van der Waals surface area contributed by atoms with Crippen LogP contribution in [0.4, 0.5) is 0 Å². The van der Waals surface area contributed by atoms with Gasteiger partial charge in [0.15, 0.2) is 0 Å². The van der Waals surface area contributed by atoms with Gasteiger partial charge in [0.05, 0.1) is 11.5 Å². The summed E-state index contributed by atoms with van der Waals surface area (Å²) in [5, 5.41) is 0. The summed E-state index contributed by atoms with van der Waals surface area (Å²) in [6.07, 6.45) is 12.3. The Labute approximate surface area is 170 Å². The van der Waals surface area contributed by atoms with Crippen molar-refractivity contribution >= 4 is 10.0 Å². The topological polar surface area (TPSA) is 58.6 Å². The van der Waals surface area contributed by atoms with E-state index in [1.165, 1.54) is 37.7 Å². The SMILES string of the molecule is CCCCc1ccc(S(=O)(=O)N2CC=C(NOCC3CCCCC3)CC2)cc1. The number of nitrogens with one attached hydrogen (secondary N) is 1. The number of nitrogens with zero attached hydrogens (tertiary/aromatic N) is 1. The summed E-state index contributed by atoms with van der Waals surface area (Å²) in [5.74, 6) is 0.655. The maximum Gasteiger partial charge on any atom is 0.243 e. The number of aryl methyl sites for hydroxylation is 1. The van der Waals surface area contributed by atoms with Gasteiger partial charge in [0.1, 0.15) is 0 Å². The Hall–Kier alpha value is -1.37. The first-order chi connectivity index (χ1) is 13.6. The van der Waals surface area contributed by atoms with Crippen LogP contribution in [0.25, 0.3) is 0 Å². The second-order valence-corrected chi connectivity index (χ2v) is 9.94. The average Bonchev–Trinajstić information content (AvgIpc) is 2.74. The van der Waals surface area contributed by atoms with Gasteiger partial charge in [-0.3, -0.25) is 10.3 Å². The molecule has 1 aromatic rings. The van der Waals surface area contributed by atoms with E-state index in [4.69, 9.17) is 4.84 Å². The molecule has 0 bridgehead atoms. The van der Waals surface area contributed by atoms with Crippen molar-refractivity contribution in [3.63, 3.8) is 0 Å². The maximum absolute atomic E-state index is 12.9. The molecule has 0 unspecified atom stereocenters. The fraction of sp³-hybridized carbons (Fsp3) is 0.636. The molecule has 156 valence electrons. The van der Waals surface area contributed by atoms with Crippen LogP contribution in [0.15, 0.2) is 40.9 Å². The first kappa shape index (κ1) is 21.3. The van der Waals surface area contributed by atoms with Crippen molar-refractivity contribution in [2.75, 3.05) is 19.7 Å². The van der Waals surface area contributed by atoms with E-state index in [9.17, 15) is 8.42 Å². The number of benzene rings is 1. The zero-order chi connectivity index (χ0) is 19.8. The van der Waals surface area contributed by atoms with E-state index < -0.39 is 10.0 Å². The van der Waals surface area contributed by atoms with E-state index in [1.54, 1.807) is 16.4 Å². The van der Waals surface area contributed by atoms with Crippen molar-refractivity contribution in [2.45, 2.75) is 69.6 Å². The summed E-state index contributed by atoms with van der Waals surface area (Å²) in [4.78, 5) is 6.06. The second kappa shape index (κ2) is 10.4. The molecule has 6 heteroatoms. The molecule has 0 spiro atoms. The first-order valence-electron chi connectivity index (χ1n) is 10.8. The first-order valence-corrected chi connectivity index (χ1v) is 12.2. The highest BCUT2D eigenvalue weighted by Crippen LogP contribution is 2.24. The van der Waals surface area contributed by atoms with Crippen molar-refractivity contribution in [1.29, 1.82) is 0 Å². The van der Waals surface area contributed by atoms with Gasteiger partial charge in [-0.05, 0) is 55.4 Å². The lowest BCUT2D eigenvalue weighted by Crippen LogP contribution is -2.37. The smallest absolute Gasteiger partial charge is 0.243 e. The highest BCUT2D eigenvalue weighted by atomic mass is 32.2. The van der Waals surface area contributed by atoms with Gasteiger partial charge in [-0.2, -0.15) is 4.31 Å². The average molecular weight is 407 g/mol. The van der Waals surface area contributed by atoms with E-state index in [0.717, 1.165) is 31.6 Å². The van der Waals surface area contributed by atoms with Gasteiger partial charge >= 0.3 is 0 Å². The molecule has 1 aliphatic heterocycles. The third kappa shape index (κ3) is 5.82. The Bertz CT molecular complexity index is 738. The molecule has 1 saturated carbocycles. The van der Waals surface area contributed by atoms with Crippen molar-refractivity contribution < 1.29 is 13.3 Å². The summed E-state index contributed by atoms with van der Waals surface area (Å²) in [6.45, 7) is 3.76. The van der Waals surface area contributed by atoms with E-state index in [2.05, 4.69) is 12.4 Å². The van der Waals surface area contributed by atoms with E-state index >= 15 is 0 Å². The molecule has 3 rings (SSSR count). The van der Waals surface area contributed by atoms with Crippen LogP contribution in [0.5, 0.6) is 0 Å². The highest BCUT2D eigenvalue weighted by molar-refractivity contribution is 7.89. The van der Waals surface area contributed by atoms with Gasteiger partial charge in [-0.25, -0.2) is 8.42 Å². The van der Waals surface area contributed by atoms with E-state index in [-0.39, 0.29) is 0 Å². The van der Waals surface area contributed by atoms with Gasteiger partial charge in [0.2, 0.25) is 10.0 Å². The molecule has 0 saturated heterocycles.